The summed E-state index contributed by atoms with van der Waals surface area (Å²) in [6, 6.07) is 63.5. The zero-order valence-electron chi connectivity index (χ0n) is 30.2. The van der Waals surface area contributed by atoms with Gasteiger partial charge in [0.05, 0.1) is 11.1 Å². The van der Waals surface area contributed by atoms with Crippen LogP contribution in [0.1, 0.15) is 65.1 Å². The molecule has 0 saturated heterocycles. The number of para-hydroxylation sites is 1. The normalized spacial score (nSPS) is 16.8. The number of fused-ring (bicyclic) bond motifs is 6. The molecule has 0 radical (unpaired) electrons. The molecule has 0 fully saturated rings. The van der Waals surface area contributed by atoms with E-state index < -0.39 is 5.41 Å². The molecule has 0 heterocycles. The fraction of sp³-hybridized carbons (Fsp3) is 0.115. The maximum absolute atomic E-state index is 2.57. The van der Waals surface area contributed by atoms with Gasteiger partial charge in [-0.1, -0.05) is 184 Å². The number of nitrogens with zero attached hydrogens (tertiary/aromatic N) is 1. The van der Waals surface area contributed by atoms with E-state index in [1.54, 1.807) is 0 Å². The molecule has 10 rings (SSSR count). The van der Waals surface area contributed by atoms with Gasteiger partial charge in [-0.2, -0.15) is 0 Å². The zero-order chi connectivity index (χ0) is 35.6. The summed E-state index contributed by atoms with van der Waals surface area (Å²) in [6.07, 6.45) is 10.0. The van der Waals surface area contributed by atoms with Gasteiger partial charge in [0, 0.05) is 28.3 Å². The van der Waals surface area contributed by atoms with Crippen LogP contribution in [-0.4, -0.2) is 0 Å². The van der Waals surface area contributed by atoms with Crippen molar-refractivity contribution in [1.29, 1.82) is 0 Å². The zero-order valence-corrected chi connectivity index (χ0v) is 30.2. The highest BCUT2D eigenvalue weighted by Crippen LogP contribution is 2.60. The van der Waals surface area contributed by atoms with Gasteiger partial charge < -0.3 is 4.90 Å². The Morgan fingerprint density at radius 2 is 1.09 bits per heavy atom. The Balaban J connectivity index is 1.28. The molecule has 0 N–H and O–H groups in total. The van der Waals surface area contributed by atoms with E-state index in [4.69, 9.17) is 0 Å². The van der Waals surface area contributed by atoms with Gasteiger partial charge in [0.15, 0.2) is 0 Å². The smallest absolute Gasteiger partial charge is 0.0714 e. The van der Waals surface area contributed by atoms with Gasteiger partial charge in [0.1, 0.15) is 0 Å². The molecule has 53 heavy (non-hydrogen) atoms. The summed E-state index contributed by atoms with van der Waals surface area (Å²) in [6.45, 7) is 4.76. The molecule has 1 nitrogen and oxygen atoms in total. The molecule has 3 aliphatic carbocycles. The van der Waals surface area contributed by atoms with Crippen LogP contribution in [0.5, 0.6) is 0 Å². The number of hydrogen-bond acceptors (Lipinski definition) is 1. The lowest BCUT2D eigenvalue weighted by atomic mass is 9.68. The Labute approximate surface area is 313 Å². The average Bonchev–Trinajstić information content (AvgIpc) is 3.65. The lowest BCUT2D eigenvalue weighted by molar-refractivity contribution is 0.660. The third-order valence-electron chi connectivity index (χ3n) is 12.1. The summed E-state index contributed by atoms with van der Waals surface area (Å²) in [5.74, 6) is 0.283. The van der Waals surface area contributed by atoms with Crippen LogP contribution in [0.15, 0.2) is 194 Å². The Hall–Kier alpha value is -6.18. The first-order chi connectivity index (χ1) is 26.1. The highest BCUT2D eigenvalue weighted by molar-refractivity contribution is 5.98. The van der Waals surface area contributed by atoms with Gasteiger partial charge in [0.25, 0.3) is 0 Å². The highest BCUT2D eigenvalue weighted by atomic mass is 15.1. The van der Waals surface area contributed by atoms with Crippen molar-refractivity contribution < 1.29 is 0 Å². The largest absolute Gasteiger partial charge is 0.310 e. The minimum absolute atomic E-state index is 0.120. The highest BCUT2D eigenvalue weighted by Gasteiger charge is 2.47. The molecule has 7 aromatic carbocycles. The van der Waals surface area contributed by atoms with Crippen molar-refractivity contribution in [3.05, 3.63) is 233 Å². The molecule has 0 saturated carbocycles. The fourth-order valence-corrected chi connectivity index (χ4v) is 9.72. The third-order valence-corrected chi connectivity index (χ3v) is 12.1. The summed E-state index contributed by atoms with van der Waals surface area (Å²) in [5, 5.41) is 0. The van der Waals surface area contributed by atoms with Crippen molar-refractivity contribution in [3.8, 4) is 22.3 Å². The Bertz CT molecular complexity index is 2530. The predicted molar refractivity (Wildman–Crippen MR) is 222 cm³/mol. The lowest BCUT2D eigenvalue weighted by Gasteiger charge is -2.35. The SMILES string of the molecule is CC1(C)c2ccccc2-c2ccc(N(c3ccccc3C3C=CC=CC3)c3cccc4c3-c3ccccc3C4(c3ccccc3)c3ccccc3)cc21. The van der Waals surface area contributed by atoms with Crippen LogP contribution >= 0.6 is 0 Å². The number of anilines is 3. The molecule has 0 aliphatic heterocycles. The molecule has 7 aromatic rings. The molecular weight excluding hydrogens is 639 g/mol. The van der Waals surface area contributed by atoms with E-state index in [0.717, 1.165) is 6.42 Å². The fourth-order valence-electron chi connectivity index (χ4n) is 9.72. The second-order valence-electron chi connectivity index (χ2n) is 15.2. The molecule has 1 unspecified atom stereocenters. The summed E-state index contributed by atoms with van der Waals surface area (Å²) in [7, 11) is 0. The van der Waals surface area contributed by atoms with Gasteiger partial charge >= 0.3 is 0 Å². The maximum Gasteiger partial charge on any atom is 0.0714 e. The molecule has 254 valence electrons. The summed E-state index contributed by atoms with van der Waals surface area (Å²) >= 11 is 0. The first-order valence-corrected chi connectivity index (χ1v) is 18.9. The van der Waals surface area contributed by atoms with E-state index in [0.29, 0.717) is 0 Å². The van der Waals surface area contributed by atoms with Crippen LogP contribution in [0.3, 0.4) is 0 Å². The summed E-state index contributed by atoms with van der Waals surface area (Å²) in [5.41, 5.74) is 17.5. The molecule has 0 amide bonds. The number of hydrogen-bond donors (Lipinski definition) is 0. The Morgan fingerprint density at radius 3 is 1.83 bits per heavy atom. The van der Waals surface area contributed by atoms with Crippen molar-refractivity contribution in [2.75, 3.05) is 4.90 Å². The first kappa shape index (κ1) is 31.5. The Morgan fingerprint density at radius 1 is 0.491 bits per heavy atom. The summed E-state index contributed by atoms with van der Waals surface area (Å²) in [4.78, 5) is 2.57. The summed E-state index contributed by atoms with van der Waals surface area (Å²) < 4.78 is 0. The topological polar surface area (TPSA) is 3.24 Å². The maximum atomic E-state index is 2.57. The van der Waals surface area contributed by atoms with Crippen molar-refractivity contribution in [2.45, 2.75) is 37.0 Å². The van der Waals surface area contributed by atoms with Crippen LogP contribution in [0.4, 0.5) is 17.1 Å². The van der Waals surface area contributed by atoms with Gasteiger partial charge in [-0.25, -0.2) is 0 Å². The van der Waals surface area contributed by atoms with Crippen LogP contribution < -0.4 is 4.90 Å². The number of allylic oxidation sites excluding steroid dienone is 4. The molecule has 0 aromatic heterocycles. The van der Waals surface area contributed by atoms with E-state index in [9.17, 15) is 0 Å². The third kappa shape index (κ3) is 4.63. The van der Waals surface area contributed by atoms with Crippen molar-refractivity contribution in [2.24, 2.45) is 0 Å². The van der Waals surface area contributed by atoms with E-state index in [1.807, 2.05) is 0 Å². The molecular formula is C52H41N. The van der Waals surface area contributed by atoms with Crippen LogP contribution in [0, 0.1) is 0 Å². The molecule has 1 heteroatoms. The number of benzene rings is 7. The van der Waals surface area contributed by atoms with Crippen LogP contribution in [0.25, 0.3) is 22.3 Å². The van der Waals surface area contributed by atoms with Gasteiger partial charge in [-0.05, 0) is 86.3 Å². The first-order valence-electron chi connectivity index (χ1n) is 18.9. The number of rotatable bonds is 6. The second-order valence-corrected chi connectivity index (χ2v) is 15.2. The van der Waals surface area contributed by atoms with Crippen molar-refractivity contribution >= 4 is 17.1 Å². The van der Waals surface area contributed by atoms with Gasteiger partial charge in [0.2, 0.25) is 0 Å². The minimum Gasteiger partial charge on any atom is -0.310 e. The minimum atomic E-state index is -0.478. The molecule has 1 atom stereocenters. The van der Waals surface area contributed by atoms with E-state index in [2.05, 4.69) is 213 Å². The second kappa shape index (κ2) is 12.2. The lowest BCUT2D eigenvalue weighted by Crippen LogP contribution is -2.28. The quantitative estimate of drug-likeness (QED) is 0.169. The molecule has 3 aliphatic rings. The predicted octanol–water partition coefficient (Wildman–Crippen LogP) is 13.4. The van der Waals surface area contributed by atoms with Crippen LogP contribution in [0.2, 0.25) is 0 Å². The van der Waals surface area contributed by atoms with E-state index in [-0.39, 0.29) is 11.3 Å². The van der Waals surface area contributed by atoms with E-state index >= 15 is 0 Å². The average molecular weight is 680 g/mol. The standard InChI is InChI=1S/C52H41N/c1-51(2)44-28-15-12-26-41(44)42-34-33-39(35-47(42)51)53(48-31-17-14-25-40(48)36-19-6-3-7-20-36)49-32-18-30-46-50(49)43-27-13-16-29-45(43)52(46,37-21-8-4-9-22-37)38-23-10-5-11-24-38/h3-19,21-36H,20H2,1-2H3. The molecule has 0 bridgehead atoms. The van der Waals surface area contributed by atoms with Gasteiger partial charge in [-0.15, -0.1) is 0 Å². The monoisotopic (exact) mass is 679 g/mol. The van der Waals surface area contributed by atoms with Crippen LogP contribution in [-0.2, 0) is 10.8 Å². The molecule has 0 spiro atoms. The Kier molecular flexibility index (Phi) is 7.27. The van der Waals surface area contributed by atoms with E-state index in [1.165, 1.54) is 78.3 Å². The van der Waals surface area contributed by atoms with Crippen molar-refractivity contribution in [1.82, 2.24) is 0 Å². The van der Waals surface area contributed by atoms with Gasteiger partial charge in [-0.3, -0.25) is 0 Å². The van der Waals surface area contributed by atoms with Crippen molar-refractivity contribution in [3.63, 3.8) is 0 Å².